The van der Waals surface area contributed by atoms with E-state index < -0.39 is 18.1 Å². The number of ether oxygens (including phenoxy) is 1. The predicted molar refractivity (Wildman–Crippen MR) is 126 cm³/mol. The maximum Gasteiger partial charge on any atom is 0.407 e. The molecule has 0 aliphatic rings. The number of hydrogen-bond donors (Lipinski definition) is 5. The summed E-state index contributed by atoms with van der Waals surface area (Å²) in [4.78, 5) is 40.8. The zero-order chi connectivity index (χ0) is 24.4. The Labute approximate surface area is 199 Å². The van der Waals surface area contributed by atoms with Crippen molar-refractivity contribution in [1.29, 1.82) is 0 Å². The zero-order valence-electron chi connectivity index (χ0n) is 18.8. The fourth-order valence-electron chi connectivity index (χ4n) is 3.15. The van der Waals surface area contributed by atoms with Crippen LogP contribution in [0.25, 0.3) is 11.2 Å². The smallest absolute Gasteiger partial charge is 0.407 e. The van der Waals surface area contributed by atoms with Gasteiger partial charge in [0.05, 0.1) is 13.2 Å². The number of guanidine groups is 1. The van der Waals surface area contributed by atoms with Gasteiger partial charge in [-0.2, -0.15) is 4.98 Å². The third-order valence-electron chi connectivity index (χ3n) is 4.75. The molecule has 0 spiro atoms. The molecule has 7 N–H and O–H groups in total. The maximum absolute atomic E-state index is 11.9. The quantitative estimate of drug-likeness (QED) is 0.0808. The van der Waals surface area contributed by atoms with E-state index in [9.17, 15) is 14.7 Å². The largest absolute Gasteiger partial charge is 0.480 e. The number of aliphatic carboxylic acids is 1. The summed E-state index contributed by atoms with van der Waals surface area (Å²) in [5.41, 5.74) is 12.1. The lowest BCUT2D eigenvalue weighted by molar-refractivity contribution is -0.684. The summed E-state index contributed by atoms with van der Waals surface area (Å²) in [6, 6.07) is -1.06. The summed E-state index contributed by atoms with van der Waals surface area (Å²) in [6.07, 6.45) is 3.68. The molecule has 1 atom stereocenters. The van der Waals surface area contributed by atoms with Crippen LogP contribution in [-0.4, -0.2) is 71.4 Å². The van der Waals surface area contributed by atoms with Crippen LogP contribution in [0.5, 0.6) is 0 Å². The summed E-state index contributed by atoms with van der Waals surface area (Å²) in [7, 11) is 3.84. The van der Waals surface area contributed by atoms with E-state index in [1.807, 2.05) is 23.6 Å². The Morgan fingerprint density at radius 1 is 1.30 bits per heavy atom. The third-order valence-corrected chi connectivity index (χ3v) is 5.37. The minimum atomic E-state index is -1.14. The molecule has 0 saturated carbocycles. The van der Waals surface area contributed by atoms with E-state index in [-0.39, 0.29) is 25.5 Å². The molecule has 0 saturated heterocycles. The number of hydrogen-bond acceptors (Lipinski definition) is 7. The van der Waals surface area contributed by atoms with E-state index in [0.29, 0.717) is 19.4 Å². The molecular weight excluding hydrogens is 498 g/mol. The zero-order valence-corrected chi connectivity index (χ0v) is 20.3. The Kier molecular flexibility index (Phi) is 10.1. The van der Waals surface area contributed by atoms with Crippen LogP contribution in [0.3, 0.4) is 0 Å². The van der Waals surface area contributed by atoms with Crippen LogP contribution in [0, 0.1) is 0 Å². The summed E-state index contributed by atoms with van der Waals surface area (Å²) in [5.74, 6) is -0.398. The number of rotatable bonds is 13. The number of fused-ring (bicyclic) bond motifs is 1. The topological polar surface area (TPSA) is 189 Å². The van der Waals surface area contributed by atoms with Gasteiger partial charge in [0.15, 0.2) is 18.1 Å². The van der Waals surface area contributed by atoms with E-state index in [1.165, 1.54) is 6.33 Å². The Bertz CT molecular complexity index is 976. The molecule has 0 unspecified atom stereocenters. The number of H-pyrrole nitrogens is 1. The standard InChI is InChI=1S/C19H30BrN9O4/c1-28(2)14-13-15(25-11-24-14)29(17(20)27-13)9-4-3-5-10-33-19(32)26-12(16(30)31)7-6-8-23-18(21)22/h11-12H,3-10H2,1-2H3,(H6,21,22,23,26,30,31,32)/p+1/t12-/m1/s1. The second-order valence-electron chi connectivity index (χ2n) is 7.54. The van der Waals surface area contributed by atoms with Gasteiger partial charge in [0, 0.05) is 36.6 Å². The lowest BCUT2D eigenvalue weighted by Crippen LogP contribution is -2.41. The Morgan fingerprint density at radius 2 is 2.06 bits per heavy atom. The Balaban J connectivity index is 1.72. The van der Waals surface area contributed by atoms with Gasteiger partial charge >= 0.3 is 17.7 Å². The fraction of sp³-hybridized carbons (Fsp3) is 0.579. The highest BCUT2D eigenvalue weighted by Gasteiger charge is 2.22. The molecule has 0 aliphatic heterocycles. The summed E-state index contributed by atoms with van der Waals surface area (Å²) < 4.78 is 7.94. The molecule has 0 aromatic carbocycles. The highest BCUT2D eigenvalue weighted by Crippen LogP contribution is 2.20. The van der Waals surface area contributed by atoms with Gasteiger partial charge in [-0.15, -0.1) is 0 Å². The van der Waals surface area contributed by atoms with Crippen molar-refractivity contribution in [2.75, 3.05) is 32.1 Å². The van der Waals surface area contributed by atoms with Gasteiger partial charge in [0.2, 0.25) is 5.52 Å². The van der Waals surface area contributed by atoms with Crippen LogP contribution < -0.4 is 26.3 Å². The molecule has 2 aromatic heterocycles. The molecule has 0 radical (unpaired) electrons. The molecule has 14 heteroatoms. The average molecular weight is 529 g/mol. The number of aromatic nitrogens is 4. The van der Waals surface area contributed by atoms with Crippen molar-refractivity contribution in [2.24, 2.45) is 16.5 Å². The van der Waals surface area contributed by atoms with Crippen molar-refractivity contribution in [2.45, 2.75) is 44.7 Å². The monoisotopic (exact) mass is 528 g/mol. The van der Waals surface area contributed by atoms with Crippen LogP contribution in [0.4, 0.5) is 10.6 Å². The number of aromatic amines is 1. The van der Waals surface area contributed by atoms with Crippen LogP contribution >= 0.6 is 15.9 Å². The number of carboxylic acids is 1. The first-order chi connectivity index (χ1) is 15.7. The van der Waals surface area contributed by atoms with Gasteiger partial charge in [-0.1, -0.05) is 4.98 Å². The number of aliphatic imine (C=N–C) groups is 1. The summed E-state index contributed by atoms with van der Waals surface area (Å²) >= 11 is 3.53. The highest BCUT2D eigenvalue weighted by molar-refractivity contribution is 9.10. The minimum Gasteiger partial charge on any atom is -0.480 e. The second-order valence-corrected chi connectivity index (χ2v) is 8.29. The van der Waals surface area contributed by atoms with Crippen LogP contribution in [0.1, 0.15) is 32.1 Å². The fourth-order valence-corrected chi connectivity index (χ4v) is 3.69. The van der Waals surface area contributed by atoms with Gasteiger partial charge in [-0.05, 0) is 32.1 Å². The molecular formula is C19H31BrN9O4+. The van der Waals surface area contributed by atoms with Crippen LogP contribution in [-0.2, 0) is 16.1 Å². The number of anilines is 1. The van der Waals surface area contributed by atoms with Gasteiger partial charge in [0.25, 0.3) is 4.73 Å². The van der Waals surface area contributed by atoms with Crippen molar-refractivity contribution in [1.82, 2.24) is 20.3 Å². The van der Waals surface area contributed by atoms with Gasteiger partial charge in [0.1, 0.15) is 6.04 Å². The molecule has 33 heavy (non-hydrogen) atoms. The van der Waals surface area contributed by atoms with Gasteiger partial charge in [-0.25, -0.2) is 14.2 Å². The molecule has 2 aromatic rings. The lowest BCUT2D eigenvalue weighted by atomic mass is 10.1. The van der Waals surface area contributed by atoms with E-state index in [4.69, 9.17) is 16.2 Å². The number of carbonyl (C=O) groups excluding carboxylic acids is 1. The van der Waals surface area contributed by atoms with E-state index >= 15 is 0 Å². The number of carboxylic acid groups (broad SMARTS) is 1. The first-order valence-electron chi connectivity index (χ1n) is 10.5. The maximum atomic E-state index is 11.9. The number of halogens is 1. The molecule has 0 bridgehead atoms. The van der Waals surface area contributed by atoms with E-state index in [2.05, 4.69) is 41.2 Å². The van der Waals surface area contributed by atoms with E-state index in [0.717, 1.165) is 34.6 Å². The molecule has 1 amide bonds. The van der Waals surface area contributed by atoms with Crippen LogP contribution in [0.2, 0.25) is 0 Å². The van der Waals surface area contributed by atoms with Gasteiger partial charge in [-0.3, -0.25) is 9.98 Å². The highest BCUT2D eigenvalue weighted by atomic mass is 79.9. The number of unbranched alkanes of at least 4 members (excludes halogenated alkanes) is 2. The van der Waals surface area contributed by atoms with Crippen molar-refractivity contribution in [3.8, 4) is 0 Å². The number of carbonyl (C=O) groups is 2. The summed E-state index contributed by atoms with van der Waals surface area (Å²) in [6.45, 7) is 1.20. The van der Waals surface area contributed by atoms with Gasteiger partial charge < -0.3 is 31.5 Å². The molecule has 2 heterocycles. The molecule has 0 aliphatic carbocycles. The average Bonchev–Trinajstić information content (AvgIpc) is 3.07. The third kappa shape index (κ3) is 8.04. The first kappa shape index (κ1) is 26.1. The van der Waals surface area contributed by atoms with E-state index in [1.54, 1.807) is 0 Å². The van der Waals surface area contributed by atoms with Crippen molar-refractivity contribution < 1.29 is 24.0 Å². The lowest BCUT2D eigenvalue weighted by Gasteiger charge is -2.14. The molecule has 13 nitrogen and oxygen atoms in total. The molecule has 2 rings (SSSR count). The predicted octanol–water partition coefficient (Wildman–Crippen LogP) is 0.477. The first-order valence-corrected chi connectivity index (χ1v) is 11.3. The number of alkyl carbamates (subject to hydrolysis) is 1. The number of nitrogens with zero attached hydrogens (tertiary/aromatic N) is 5. The number of aryl methyl sites for hydroxylation is 1. The SMILES string of the molecule is CN(C)c1ncnc2c1[nH]c(Br)[n+]2CCCCCOC(=O)N[C@H](CCCN=C(N)N)C(=O)O. The Hall–Kier alpha value is -3.16. The molecule has 0 fully saturated rings. The normalized spacial score (nSPS) is 11.7. The number of amides is 1. The molecule has 182 valence electrons. The number of imidazole rings is 1. The Morgan fingerprint density at radius 3 is 2.73 bits per heavy atom. The van der Waals surface area contributed by atoms with Crippen LogP contribution in [0.15, 0.2) is 16.1 Å². The second kappa shape index (κ2) is 12.8. The summed E-state index contributed by atoms with van der Waals surface area (Å²) in [5, 5.41) is 11.6. The van der Waals surface area contributed by atoms with Crippen molar-refractivity contribution in [3.05, 3.63) is 11.1 Å². The number of nitrogens with two attached hydrogens (primary N) is 2. The minimum absolute atomic E-state index is 0.0590. The van der Waals surface area contributed by atoms with Crippen molar-refractivity contribution >= 4 is 50.9 Å². The van der Waals surface area contributed by atoms with Crippen molar-refractivity contribution in [3.63, 3.8) is 0 Å². The number of nitrogens with one attached hydrogen (secondary N) is 2.